The Hall–Kier alpha value is -0.760. The van der Waals surface area contributed by atoms with Crippen LogP contribution in [0.4, 0.5) is 0 Å². The molecule has 2 N–H and O–H groups in total. The van der Waals surface area contributed by atoms with Gasteiger partial charge in [-0.05, 0) is 25.0 Å². The van der Waals surface area contributed by atoms with Gasteiger partial charge in [-0.1, -0.05) is 31.0 Å². The van der Waals surface area contributed by atoms with Crippen molar-refractivity contribution in [1.82, 2.24) is 0 Å². The first-order valence-electron chi connectivity index (χ1n) is 3.88. The third kappa shape index (κ3) is 4.97. The van der Waals surface area contributed by atoms with E-state index < -0.39 is 0 Å². The fourth-order valence-corrected chi connectivity index (χ4v) is 0.891. The number of rotatable bonds is 4. The Morgan fingerprint density at radius 1 is 1.50 bits per heavy atom. The summed E-state index contributed by atoms with van der Waals surface area (Å²) in [6, 6.07) is 0. The van der Waals surface area contributed by atoms with Gasteiger partial charge in [0.05, 0.1) is 5.76 Å². The van der Waals surface area contributed by atoms with E-state index in [4.69, 9.17) is 17.0 Å². The number of aliphatic hydroxyl groups is 1. The zero-order chi connectivity index (χ0) is 9.56. The van der Waals surface area contributed by atoms with Crippen LogP contribution in [0.2, 0.25) is 0 Å². The Bertz CT molecular complexity index is 215. The van der Waals surface area contributed by atoms with Crippen LogP contribution in [-0.4, -0.2) is 10.3 Å². The molecule has 0 heterocycles. The summed E-state index contributed by atoms with van der Waals surface area (Å²) in [5.74, 6) is 0.297. The van der Waals surface area contributed by atoms with Gasteiger partial charge in [0, 0.05) is 0 Å². The van der Waals surface area contributed by atoms with Gasteiger partial charge in [0.25, 0.3) is 0 Å². The first kappa shape index (κ1) is 11.2. The molecule has 0 aliphatic heterocycles. The molecular formula is C9H14ClNO. The second kappa shape index (κ2) is 5.84. The van der Waals surface area contributed by atoms with Crippen LogP contribution in [0.5, 0.6) is 0 Å². The standard InChI is InChI=1S/C9H14ClNO/c1-3-4-8(7(2)12)5-6-9(10)11/h5-6,11-12H,3-4H2,1-2H3. The fraction of sp³-hybridized carbons (Fsp3) is 0.444. The van der Waals surface area contributed by atoms with Gasteiger partial charge in [-0.3, -0.25) is 5.41 Å². The van der Waals surface area contributed by atoms with Crippen molar-refractivity contribution in [2.24, 2.45) is 0 Å². The molecule has 0 saturated heterocycles. The molecule has 0 radical (unpaired) electrons. The van der Waals surface area contributed by atoms with Crippen molar-refractivity contribution in [2.45, 2.75) is 26.7 Å². The maximum Gasteiger partial charge on any atom is 0.120 e. The molecule has 68 valence electrons. The summed E-state index contributed by atoms with van der Waals surface area (Å²) in [6.45, 7) is 3.66. The number of aliphatic hydroxyl groups excluding tert-OH is 1. The number of allylic oxidation sites excluding steroid dienone is 4. The van der Waals surface area contributed by atoms with Crippen molar-refractivity contribution in [3.05, 3.63) is 23.5 Å². The molecule has 0 atom stereocenters. The second-order valence-corrected chi connectivity index (χ2v) is 2.95. The number of hydrogen-bond donors (Lipinski definition) is 2. The molecule has 0 aliphatic carbocycles. The van der Waals surface area contributed by atoms with E-state index >= 15 is 0 Å². The fourth-order valence-electron chi connectivity index (χ4n) is 0.828. The van der Waals surface area contributed by atoms with Crippen LogP contribution in [0.25, 0.3) is 0 Å². The van der Waals surface area contributed by atoms with E-state index in [1.54, 1.807) is 13.0 Å². The summed E-state index contributed by atoms with van der Waals surface area (Å²) in [7, 11) is 0. The van der Waals surface area contributed by atoms with Crippen molar-refractivity contribution in [1.29, 1.82) is 5.41 Å². The van der Waals surface area contributed by atoms with Crippen molar-refractivity contribution in [3.8, 4) is 0 Å². The second-order valence-electron chi connectivity index (χ2n) is 2.54. The Labute approximate surface area is 78.1 Å². The van der Waals surface area contributed by atoms with Crippen LogP contribution >= 0.6 is 11.6 Å². The quantitative estimate of drug-likeness (QED) is 0.396. The Kier molecular flexibility index (Phi) is 5.47. The molecule has 0 aromatic carbocycles. The van der Waals surface area contributed by atoms with Crippen LogP contribution in [0.3, 0.4) is 0 Å². The zero-order valence-corrected chi connectivity index (χ0v) is 8.15. The van der Waals surface area contributed by atoms with Crippen molar-refractivity contribution >= 4 is 16.8 Å². The molecular weight excluding hydrogens is 174 g/mol. The summed E-state index contributed by atoms with van der Waals surface area (Å²) >= 11 is 5.32. The predicted octanol–water partition coefficient (Wildman–Crippen LogP) is 3.39. The zero-order valence-electron chi connectivity index (χ0n) is 7.39. The Morgan fingerprint density at radius 3 is 2.42 bits per heavy atom. The van der Waals surface area contributed by atoms with E-state index in [2.05, 4.69) is 0 Å². The lowest BCUT2D eigenvalue weighted by molar-refractivity contribution is 0.406. The third-order valence-corrected chi connectivity index (χ3v) is 1.54. The lowest BCUT2D eigenvalue weighted by Gasteiger charge is -2.00. The average Bonchev–Trinajstić information content (AvgIpc) is 1.96. The molecule has 2 nitrogen and oxygen atoms in total. The first-order valence-corrected chi connectivity index (χ1v) is 4.26. The predicted molar refractivity (Wildman–Crippen MR) is 53.0 cm³/mol. The molecule has 12 heavy (non-hydrogen) atoms. The van der Waals surface area contributed by atoms with Crippen molar-refractivity contribution in [3.63, 3.8) is 0 Å². The molecule has 0 unspecified atom stereocenters. The molecule has 0 spiro atoms. The minimum atomic E-state index is -0.0233. The molecule has 0 amide bonds. The highest BCUT2D eigenvalue weighted by Crippen LogP contribution is 2.10. The molecule has 0 fully saturated rings. The van der Waals surface area contributed by atoms with Crippen LogP contribution in [-0.2, 0) is 0 Å². The molecule has 0 aromatic rings. The Balaban J connectivity index is 4.35. The summed E-state index contributed by atoms with van der Waals surface area (Å²) in [4.78, 5) is 0. The van der Waals surface area contributed by atoms with Gasteiger partial charge in [0.15, 0.2) is 0 Å². The highest BCUT2D eigenvalue weighted by atomic mass is 35.5. The normalized spacial score (nSPS) is 13.2. The molecule has 0 bridgehead atoms. The third-order valence-electron chi connectivity index (χ3n) is 1.41. The van der Waals surface area contributed by atoms with Gasteiger partial charge in [-0.15, -0.1) is 0 Å². The number of nitrogens with one attached hydrogen (secondary N) is 1. The smallest absolute Gasteiger partial charge is 0.120 e. The van der Waals surface area contributed by atoms with E-state index in [0.29, 0.717) is 5.76 Å². The van der Waals surface area contributed by atoms with Crippen LogP contribution in [0.1, 0.15) is 26.7 Å². The lowest BCUT2D eigenvalue weighted by Crippen LogP contribution is -1.85. The number of halogens is 1. The van der Waals surface area contributed by atoms with Crippen LogP contribution in [0, 0.1) is 5.41 Å². The van der Waals surface area contributed by atoms with E-state index in [1.807, 2.05) is 6.92 Å². The van der Waals surface area contributed by atoms with E-state index in [0.717, 1.165) is 18.4 Å². The van der Waals surface area contributed by atoms with E-state index in [1.165, 1.54) is 6.08 Å². The first-order chi connectivity index (χ1) is 5.57. The largest absolute Gasteiger partial charge is 0.512 e. The number of hydrogen-bond acceptors (Lipinski definition) is 2. The van der Waals surface area contributed by atoms with Gasteiger partial charge < -0.3 is 5.11 Å². The van der Waals surface area contributed by atoms with E-state index in [9.17, 15) is 5.11 Å². The summed E-state index contributed by atoms with van der Waals surface area (Å²) in [5.41, 5.74) is 0.836. The van der Waals surface area contributed by atoms with E-state index in [-0.39, 0.29) is 5.17 Å². The maximum absolute atomic E-state index is 9.17. The summed E-state index contributed by atoms with van der Waals surface area (Å²) in [6.07, 6.45) is 4.91. The lowest BCUT2D eigenvalue weighted by atomic mass is 10.1. The highest BCUT2D eigenvalue weighted by Gasteiger charge is 1.95. The molecule has 0 aliphatic rings. The topological polar surface area (TPSA) is 44.1 Å². The maximum atomic E-state index is 9.17. The van der Waals surface area contributed by atoms with Gasteiger partial charge in [0.2, 0.25) is 0 Å². The summed E-state index contributed by atoms with van der Waals surface area (Å²) in [5, 5.41) is 16.1. The van der Waals surface area contributed by atoms with Crippen LogP contribution < -0.4 is 0 Å². The van der Waals surface area contributed by atoms with Crippen molar-refractivity contribution < 1.29 is 5.11 Å². The van der Waals surface area contributed by atoms with Gasteiger partial charge in [-0.2, -0.15) is 0 Å². The molecule has 3 heteroatoms. The highest BCUT2D eigenvalue weighted by molar-refractivity contribution is 6.67. The van der Waals surface area contributed by atoms with Gasteiger partial charge >= 0.3 is 0 Å². The Morgan fingerprint density at radius 2 is 2.08 bits per heavy atom. The molecule has 0 rings (SSSR count). The SMILES string of the molecule is CCCC(C=CC(=N)Cl)=C(C)O. The summed E-state index contributed by atoms with van der Waals surface area (Å²) < 4.78 is 0. The van der Waals surface area contributed by atoms with Crippen LogP contribution in [0.15, 0.2) is 23.5 Å². The minimum Gasteiger partial charge on any atom is -0.512 e. The molecule has 0 saturated carbocycles. The van der Waals surface area contributed by atoms with Gasteiger partial charge in [-0.25, -0.2) is 0 Å². The monoisotopic (exact) mass is 187 g/mol. The average molecular weight is 188 g/mol. The van der Waals surface area contributed by atoms with Gasteiger partial charge in [0.1, 0.15) is 5.17 Å². The molecule has 0 aromatic heterocycles. The minimum absolute atomic E-state index is 0.0233. The van der Waals surface area contributed by atoms with Crippen molar-refractivity contribution in [2.75, 3.05) is 0 Å².